The van der Waals surface area contributed by atoms with Crippen LogP contribution >= 0.6 is 23.4 Å². The van der Waals surface area contributed by atoms with Gasteiger partial charge in [-0.15, -0.1) is 0 Å². The highest BCUT2D eigenvalue weighted by Gasteiger charge is 2.06. The smallest absolute Gasteiger partial charge is 0.193 e. The Labute approximate surface area is 101 Å². The van der Waals surface area contributed by atoms with Gasteiger partial charge < -0.3 is 10.2 Å². The Bertz CT molecular complexity index is 288. The van der Waals surface area contributed by atoms with Crippen molar-refractivity contribution < 1.29 is 4.42 Å². The molecule has 1 heterocycles. The lowest BCUT2D eigenvalue weighted by Crippen LogP contribution is -2.24. The molecule has 0 amide bonds. The van der Waals surface area contributed by atoms with Gasteiger partial charge in [-0.25, -0.2) is 0 Å². The van der Waals surface area contributed by atoms with Crippen molar-refractivity contribution in [3.05, 3.63) is 23.1 Å². The van der Waals surface area contributed by atoms with Gasteiger partial charge in [0.1, 0.15) is 5.76 Å². The maximum Gasteiger partial charge on any atom is 0.193 e. The lowest BCUT2D eigenvalue weighted by Gasteiger charge is -2.12. The van der Waals surface area contributed by atoms with Crippen molar-refractivity contribution in [1.29, 1.82) is 0 Å². The van der Waals surface area contributed by atoms with E-state index in [9.17, 15) is 0 Å². The van der Waals surface area contributed by atoms with Crippen LogP contribution in [0, 0.1) is 5.92 Å². The third-order valence-corrected chi connectivity index (χ3v) is 3.33. The molecule has 15 heavy (non-hydrogen) atoms. The zero-order chi connectivity index (χ0) is 11.3. The molecule has 0 bridgehead atoms. The number of hydrogen-bond donors (Lipinski definition) is 1. The molecule has 1 atom stereocenters. The SMILES string of the molecule is CC(C)CC(N)CSCc1ccc(Cl)o1. The molecule has 1 rings (SSSR count). The first-order valence-corrected chi connectivity index (χ1v) is 6.68. The summed E-state index contributed by atoms with van der Waals surface area (Å²) in [4.78, 5) is 0. The van der Waals surface area contributed by atoms with E-state index in [2.05, 4.69) is 13.8 Å². The Balaban J connectivity index is 2.16. The van der Waals surface area contributed by atoms with Gasteiger partial charge >= 0.3 is 0 Å². The summed E-state index contributed by atoms with van der Waals surface area (Å²) in [6.45, 7) is 4.38. The number of nitrogens with two attached hydrogens (primary N) is 1. The van der Waals surface area contributed by atoms with E-state index in [1.54, 1.807) is 17.8 Å². The molecule has 0 radical (unpaired) electrons. The molecule has 0 aliphatic carbocycles. The van der Waals surface area contributed by atoms with Crippen LogP contribution in [0.25, 0.3) is 0 Å². The van der Waals surface area contributed by atoms with Crippen molar-refractivity contribution in [1.82, 2.24) is 0 Å². The fourth-order valence-corrected chi connectivity index (χ4v) is 2.49. The molecule has 1 aromatic heterocycles. The molecule has 0 aliphatic heterocycles. The van der Waals surface area contributed by atoms with E-state index in [4.69, 9.17) is 21.8 Å². The Morgan fingerprint density at radius 1 is 1.47 bits per heavy atom. The van der Waals surface area contributed by atoms with Gasteiger partial charge in [-0.05, 0) is 36.1 Å². The van der Waals surface area contributed by atoms with Crippen molar-refractivity contribution in [2.75, 3.05) is 5.75 Å². The molecule has 1 unspecified atom stereocenters. The minimum atomic E-state index is 0.278. The van der Waals surface area contributed by atoms with Crippen LogP contribution in [0.3, 0.4) is 0 Å². The summed E-state index contributed by atoms with van der Waals surface area (Å²) in [7, 11) is 0. The lowest BCUT2D eigenvalue weighted by molar-refractivity contribution is 0.522. The number of furan rings is 1. The first-order chi connectivity index (χ1) is 7.08. The largest absolute Gasteiger partial charge is 0.449 e. The monoisotopic (exact) mass is 247 g/mol. The second kappa shape index (κ2) is 6.46. The normalized spacial score (nSPS) is 13.4. The standard InChI is InChI=1S/C11H18ClNOS/c1-8(2)5-9(13)6-15-7-10-3-4-11(12)14-10/h3-4,8-9H,5-7,13H2,1-2H3. The van der Waals surface area contributed by atoms with Crippen molar-refractivity contribution in [2.24, 2.45) is 11.7 Å². The molecule has 0 aliphatic rings. The van der Waals surface area contributed by atoms with Crippen LogP contribution in [-0.2, 0) is 5.75 Å². The Hall–Kier alpha value is -0.120. The topological polar surface area (TPSA) is 39.2 Å². The summed E-state index contributed by atoms with van der Waals surface area (Å²) in [5.41, 5.74) is 5.97. The van der Waals surface area contributed by atoms with E-state index in [0.29, 0.717) is 11.1 Å². The number of rotatable bonds is 6. The minimum absolute atomic E-state index is 0.278. The van der Waals surface area contributed by atoms with Gasteiger partial charge in [-0.3, -0.25) is 0 Å². The quantitative estimate of drug-likeness (QED) is 0.836. The maximum absolute atomic E-state index is 5.97. The van der Waals surface area contributed by atoms with Crippen LogP contribution in [0.1, 0.15) is 26.0 Å². The van der Waals surface area contributed by atoms with Gasteiger partial charge in [0, 0.05) is 11.8 Å². The van der Waals surface area contributed by atoms with Crippen molar-refractivity contribution in [2.45, 2.75) is 32.1 Å². The third-order valence-electron chi connectivity index (χ3n) is 1.98. The molecule has 86 valence electrons. The zero-order valence-corrected chi connectivity index (χ0v) is 10.8. The lowest BCUT2D eigenvalue weighted by atomic mass is 10.1. The van der Waals surface area contributed by atoms with Crippen LogP contribution in [0.5, 0.6) is 0 Å². The van der Waals surface area contributed by atoms with E-state index < -0.39 is 0 Å². The van der Waals surface area contributed by atoms with Gasteiger partial charge in [-0.1, -0.05) is 13.8 Å². The number of thioether (sulfide) groups is 1. The van der Waals surface area contributed by atoms with Gasteiger partial charge in [0.15, 0.2) is 5.22 Å². The molecule has 0 aromatic carbocycles. The van der Waals surface area contributed by atoms with Crippen LogP contribution in [0.2, 0.25) is 5.22 Å². The fourth-order valence-electron chi connectivity index (χ4n) is 1.41. The summed E-state index contributed by atoms with van der Waals surface area (Å²) in [6, 6.07) is 3.95. The average molecular weight is 248 g/mol. The molecule has 2 nitrogen and oxygen atoms in total. The highest BCUT2D eigenvalue weighted by Crippen LogP contribution is 2.19. The molecule has 0 fully saturated rings. The van der Waals surface area contributed by atoms with Crippen LogP contribution in [-0.4, -0.2) is 11.8 Å². The Morgan fingerprint density at radius 3 is 2.73 bits per heavy atom. The van der Waals surface area contributed by atoms with E-state index >= 15 is 0 Å². The second-order valence-corrected chi connectivity index (χ2v) is 5.51. The minimum Gasteiger partial charge on any atom is -0.449 e. The highest BCUT2D eigenvalue weighted by atomic mass is 35.5. The van der Waals surface area contributed by atoms with Gasteiger partial charge in [0.2, 0.25) is 0 Å². The van der Waals surface area contributed by atoms with E-state index in [1.807, 2.05) is 6.07 Å². The number of hydrogen-bond acceptors (Lipinski definition) is 3. The molecule has 0 spiro atoms. The van der Waals surface area contributed by atoms with Crippen LogP contribution < -0.4 is 5.73 Å². The van der Waals surface area contributed by atoms with E-state index in [-0.39, 0.29) is 6.04 Å². The third kappa shape index (κ3) is 5.50. The maximum atomic E-state index is 5.97. The van der Waals surface area contributed by atoms with Crippen LogP contribution in [0.15, 0.2) is 16.5 Å². The first-order valence-electron chi connectivity index (χ1n) is 5.15. The van der Waals surface area contributed by atoms with Crippen molar-refractivity contribution in [3.63, 3.8) is 0 Å². The Morgan fingerprint density at radius 2 is 2.20 bits per heavy atom. The summed E-state index contributed by atoms with van der Waals surface area (Å²) in [5, 5.41) is 0.456. The predicted molar refractivity (Wildman–Crippen MR) is 67.3 cm³/mol. The number of halogens is 1. The van der Waals surface area contributed by atoms with Crippen molar-refractivity contribution in [3.8, 4) is 0 Å². The summed E-state index contributed by atoms with van der Waals surface area (Å²) >= 11 is 7.46. The molecule has 0 saturated heterocycles. The average Bonchev–Trinajstić information content (AvgIpc) is 2.50. The molecule has 0 saturated carbocycles. The van der Waals surface area contributed by atoms with Crippen molar-refractivity contribution >= 4 is 23.4 Å². The van der Waals surface area contributed by atoms with E-state index in [0.717, 1.165) is 23.7 Å². The van der Waals surface area contributed by atoms with Gasteiger partial charge in [-0.2, -0.15) is 11.8 Å². The molecular weight excluding hydrogens is 230 g/mol. The second-order valence-electron chi connectivity index (χ2n) is 4.11. The summed E-state index contributed by atoms with van der Waals surface area (Å²) < 4.78 is 5.25. The summed E-state index contributed by atoms with van der Waals surface area (Å²) in [6.07, 6.45) is 1.08. The molecule has 2 N–H and O–H groups in total. The summed E-state index contributed by atoms with van der Waals surface area (Å²) in [5.74, 6) is 3.40. The zero-order valence-electron chi connectivity index (χ0n) is 9.20. The van der Waals surface area contributed by atoms with Gasteiger partial charge in [0.05, 0.1) is 5.75 Å². The predicted octanol–water partition coefficient (Wildman–Crippen LogP) is 3.54. The Kier molecular flexibility index (Phi) is 5.58. The van der Waals surface area contributed by atoms with Gasteiger partial charge in [0.25, 0.3) is 0 Å². The first kappa shape index (κ1) is 12.9. The highest BCUT2D eigenvalue weighted by molar-refractivity contribution is 7.98. The van der Waals surface area contributed by atoms with E-state index in [1.165, 1.54) is 0 Å². The molecule has 1 aromatic rings. The fraction of sp³-hybridized carbons (Fsp3) is 0.636. The van der Waals surface area contributed by atoms with Crippen LogP contribution in [0.4, 0.5) is 0 Å². The molecular formula is C11H18ClNOS. The molecule has 4 heteroatoms.